The van der Waals surface area contributed by atoms with Gasteiger partial charge in [0.25, 0.3) is 11.8 Å². The third-order valence-corrected chi connectivity index (χ3v) is 4.34. The molecule has 0 unspecified atom stereocenters. The molecule has 0 aliphatic carbocycles. The van der Waals surface area contributed by atoms with E-state index in [1.54, 1.807) is 12.5 Å². The Kier molecular flexibility index (Phi) is 7.42. The lowest BCUT2D eigenvalue weighted by Gasteiger charge is -2.16. The van der Waals surface area contributed by atoms with Crippen molar-refractivity contribution in [2.45, 2.75) is 0 Å². The molecular weight excluding hydrogens is 368 g/mol. The van der Waals surface area contributed by atoms with E-state index < -0.39 is 5.91 Å². The van der Waals surface area contributed by atoms with Gasteiger partial charge in [-0.1, -0.05) is 11.6 Å². The topological polar surface area (TPSA) is 85.9 Å². The molecule has 1 heterocycles. The molecule has 0 saturated carbocycles. The maximum Gasteiger partial charge on any atom is 0.291 e. The predicted molar refractivity (Wildman–Crippen MR) is 97.3 cm³/mol. The minimum Gasteiger partial charge on any atom is -0.496 e. The number of halogens is 1. The van der Waals surface area contributed by atoms with Crippen molar-refractivity contribution in [3.63, 3.8) is 0 Å². The highest BCUT2D eigenvalue weighted by atomic mass is 35.5. The number of nitrogens with one attached hydrogen (secondary N) is 2. The van der Waals surface area contributed by atoms with Gasteiger partial charge in [0, 0.05) is 30.9 Å². The smallest absolute Gasteiger partial charge is 0.291 e. The largest absolute Gasteiger partial charge is 0.496 e. The molecule has 1 aliphatic rings. The molecule has 7 nitrogen and oxygen atoms in total. The van der Waals surface area contributed by atoms with Crippen LogP contribution in [0.3, 0.4) is 0 Å². The molecule has 0 atom stereocenters. The van der Waals surface area contributed by atoms with Crippen LogP contribution in [-0.2, 0) is 14.3 Å². The Morgan fingerprint density at radius 1 is 1.32 bits per heavy atom. The lowest BCUT2D eigenvalue weighted by Crippen LogP contribution is -2.27. The lowest BCUT2D eigenvalue weighted by atomic mass is 10.1. The van der Waals surface area contributed by atoms with Gasteiger partial charge in [-0.3, -0.25) is 9.59 Å². The maximum absolute atomic E-state index is 12.2. The molecule has 1 aromatic rings. The summed E-state index contributed by atoms with van der Waals surface area (Å²) in [5.41, 5.74) is 0.599. The Morgan fingerprint density at radius 2 is 2.12 bits per heavy atom. The molecule has 1 aromatic carbocycles. The molecule has 2 N–H and O–H groups in total. The molecule has 0 fully saturated rings. The second-order valence-electron chi connectivity index (χ2n) is 4.94. The van der Waals surface area contributed by atoms with E-state index in [1.807, 2.05) is 0 Å². The summed E-state index contributed by atoms with van der Waals surface area (Å²) in [7, 11) is 2.98. The third kappa shape index (κ3) is 5.29. The summed E-state index contributed by atoms with van der Waals surface area (Å²) in [6.45, 7) is 1.22. The fourth-order valence-corrected chi connectivity index (χ4v) is 2.86. The molecule has 9 heteroatoms. The van der Waals surface area contributed by atoms with Crippen molar-refractivity contribution in [1.82, 2.24) is 5.32 Å². The molecule has 0 saturated heterocycles. The molecule has 0 bridgehead atoms. The van der Waals surface area contributed by atoms with Crippen LogP contribution in [0, 0.1) is 0 Å². The zero-order valence-corrected chi connectivity index (χ0v) is 15.5. The standard InChI is InChI=1S/C16H19ClN2O5S/c1-22-4-3-18-15(20)10-7-11(17)12(8-13(10)23-2)19-16(21)14-9-25-6-5-24-14/h7-9H,3-6H2,1-2H3,(H,18,20)(H,19,21). The zero-order valence-electron chi connectivity index (χ0n) is 13.9. The van der Waals surface area contributed by atoms with Crippen LogP contribution in [0.15, 0.2) is 23.3 Å². The number of anilines is 1. The van der Waals surface area contributed by atoms with Crippen molar-refractivity contribution in [3.8, 4) is 5.75 Å². The number of carbonyl (C=O) groups excluding carboxylic acids is 2. The molecule has 0 aromatic heterocycles. The van der Waals surface area contributed by atoms with E-state index in [9.17, 15) is 9.59 Å². The first-order valence-corrected chi connectivity index (χ1v) is 8.90. The number of benzene rings is 1. The van der Waals surface area contributed by atoms with E-state index >= 15 is 0 Å². The fraction of sp³-hybridized carbons (Fsp3) is 0.375. The van der Waals surface area contributed by atoms with Crippen LogP contribution in [0.25, 0.3) is 0 Å². The minimum absolute atomic E-state index is 0.218. The Bertz CT molecular complexity index is 681. The van der Waals surface area contributed by atoms with Gasteiger partial charge in [-0.05, 0) is 6.07 Å². The number of ether oxygens (including phenoxy) is 3. The Balaban J connectivity index is 2.16. The Hall–Kier alpha value is -1.90. The van der Waals surface area contributed by atoms with Crippen molar-refractivity contribution in [2.75, 3.05) is 45.0 Å². The molecule has 0 spiro atoms. The SMILES string of the molecule is COCCNC(=O)c1cc(Cl)c(NC(=O)C2=CSCCO2)cc1OC. The van der Waals surface area contributed by atoms with E-state index in [4.69, 9.17) is 25.8 Å². The summed E-state index contributed by atoms with van der Waals surface area (Å²) in [5, 5.41) is 7.23. The highest BCUT2D eigenvalue weighted by Gasteiger charge is 2.19. The van der Waals surface area contributed by atoms with E-state index in [-0.39, 0.29) is 22.3 Å². The van der Waals surface area contributed by atoms with Gasteiger partial charge in [0.15, 0.2) is 5.76 Å². The Morgan fingerprint density at radius 3 is 2.76 bits per heavy atom. The van der Waals surface area contributed by atoms with Crippen LogP contribution in [-0.4, -0.2) is 51.5 Å². The first-order valence-electron chi connectivity index (χ1n) is 7.47. The third-order valence-electron chi connectivity index (χ3n) is 3.25. The van der Waals surface area contributed by atoms with Gasteiger partial charge in [-0.2, -0.15) is 0 Å². The van der Waals surface area contributed by atoms with E-state index in [1.165, 1.54) is 31.0 Å². The number of hydrogen-bond donors (Lipinski definition) is 2. The van der Waals surface area contributed by atoms with Crippen LogP contribution in [0.1, 0.15) is 10.4 Å². The van der Waals surface area contributed by atoms with Crippen LogP contribution in [0.2, 0.25) is 5.02 Å². The van der Waals surface area contributed by atoms with Crippen molar-refractivity contribution in [1.29, 1.82) is 0 Å². The second kappa shape index (κ2) is 9.55. The van der Waals surface area contributed by atoms with Gasteiger partial charge >= 0.3 is 0 Å². The average Bonchev–Trinajstić information content (AvgIpc) is 2.63. The molecule has 1 aliphatic heterocycles. The number of thioether (sulfide) groups is 1. The van der Waals surface area contributed by atoms with E-state index in [0.717, 1.165) is 5.75 Å². The van der Waals surface area contributed by atoms with Crippen molar-refractivity contribution < 1.29 is 23.8 Å². The molecule has 0 radical (unpaired) electrons. The van der Waals surface area contributed by atoms with E-state index in [2.05, 4.69) is 10.6 Å². The van der Waals surface area contributed by atoms with Gasteiger partial charge in [0.05, 0.1) is 36.6 Å². The van der Waals surface area contributed by atoms with Gasteiger partial charge in [0.2, 0.25) is 0 Å². The lowest BCUT2D eigenvalue weighted by molar-refractivity contribution is -0.116. The van der Waals surface area contributed by atoms with Crippen molar-refractivity contribution in [3.05, 3.63) is 33.9 Å². The molecule has 2 rings (SSSR count). The number of carbonyl (C=O) groups is 2. The van der Waals surface area contributed by atoms with E-state index in [0.29, 0.717) is 31.2 Å². The van der Waals surface area contributed by atoms with Crippen LogP contribution >= 0.6 is 23.4 Å². The average molecular weight is 387 g/mol. The quantitative estimate of drug-likeness (QED) is 0.699. The predicted octanol–water partition coefficient (Wildman–Crippen LogP) is 2.27. The van der Waals surface area contributed by atoms with Crippen LogP contribution < -0.4 is 15.4 Å². The summed E-state index contributed by atoms with van der Waals surface area (Å²) in [4.78, 5) is 24.4. The number of rotatable bonds is 7. The highest BCUT2D eigenvalue weighted by Crippen LogP contribution is 2.31. The summed E-state index contributed by atoms with van der Waals surface area (Å²) >= 11 is 7.71. The zero-order chi connectivity index (χ0) is 18.2. The van der Waals surface area contributed by atoms with Gasteiger partial charge in [0.1, 0.15) is 5.75 Å². The molecule has 25 heavy (non-hydrogen) atoms. The second-order valence-corrected chi connectivity index (χ2v) is 6.32. The summed E-state index contributed by atoms with van der Waals surface area (Å²) in [6.07, 6.45) is 0. The summed E-state index contributed by atoms with van der Waals surface area (Å²) in [6, 6.07) is 2.95. The summed E-state index contributed by atoms with van der Waals surface area (Å²) < 4.78 is 15.4. The highest BCUT2D eigenvalue weighted by molar-refractivity contribution is 8.02. The van der Waals surface area contributed by atoms with Crippen LogP contribution in [0.5, 0.6) is 5.75 Å². The maximum atomic E-state index is 12.2. The molecular formula is C16H19ClN2O5S. The van der Waals surface area contributed by atoms with Gasteiger partial charge < -0.3 is 24.8 Å². The van der Waals surface area contributed by atoms with Crippen molar-refractivity contribution >= 4 is 40.9 Å². The van der Waals surface area contributed by atoms with Gasteiger partial charge in [-0.25, -0.2) is 0 Å². The number of hydrogen-bond acceptors (Lipinski definition) is 6. The number of amides is 2. The monoisotopic (exact) mass is 386 g/mol. The van der Waals surface area contributed by atoms with Crippen molar-refractivity contribution in [2.24, 2.45) is 0 Å². The first-order chi connectivity index (χ1) is 12.1. The summed E-state index contributed by atoms with van der Waals surface area (Å²) in [5.74, 6) is 0.574. The van der Waals surface area contributed by atoms with Crippen LogP contribution in [0.4, 0.5) is 5.69 Å². The Labute approximate surface area is 155 Å². The minimum atomic E-state index is -0.409. The fourth-order valence-electron chi connectivity index (χ4n) is 2.03. The number of methoxy groups -OCH3 is 2. The van der Waals surface area contributed by atoms with Gasteiger partial charge in [-0.15, -0.1) is 11.8 Å². The molecule has 2 amide bonds. The normalized spacial score (nSPS) is 13.5. The first kappa shape index (κ1) is 19.4. The molecule has 136 valence electrons.